The topological polar surface area (TPSA) is 62.6 Å². The molecule has 7 heteroatoms. The summed E-state index contributed by atoms with van der Waals surface area (Å²) in [6.45, 7) is 18.2. The van der Waals surface area contributed by atoms with Crippen molar-refractivity contribution in [3.05, 3.63) is 57.9 Å². The van der Waals surface area contributed by atoms with Gasteiger partial charge in [-0.15, -0.1) is 13.2 Å². The molecule has 1 aliphatic carbocycles. The molecule has 198 valence electrons. The van der Waals surface area contributed by atoms with Gasteiger partial charge in [-0.2, -0.15) is 0 Å². The summed E-state index contributed by atoms with van der Waals surface area (Å²) in [6.07, 6.45) is -4.57. The van der Waals surface area contributed by atoms with Gasteiger partial charge in [-0.3, -0.25) is 4.98 Å². The number of benzene rings is 1. The lowest BCUT2D eigenvalue weighted by molar-refractivity contribution is -0.274. The lowest BCUT2D eigenvalue weighted by Gasteiger charge is -2.37. The van der Waals surface area contributed by atoms with Crippen molar-refractivity contribution in [2.75, 3.05) is 0 Å². The number of aromatic nitrogens is 1. The van der Waals surface area contributed by atoms with Crippen molar-refractivity contribution in [2.45, 2.75) is 106 Å². The summed E-state index contributed by atoms with van der Waals surface area (Å²) in [7, 11) is 0. The lowest BCUT2D eigenvalue weighted by Crippen LogP contribution is -2.29. The van der Waals surface area contributed by atoms with Crippen LogP contribution in [0.15, 0.2) is 24.3 Å². The summed E-state index contributed by atoms with van der Waals surface area (Å²) < 4.78 is 41.3. The molecule has 1 heterocycles. The summed E-state index contributed by atoms with van der Waals surface area (Å²) >= 11 is 0. The number of halogens is 3. The molecular weight excluding hydrogens is 455 g/mol. The van der Waals surface area contributed by atoms with Crippen molar-refractivity contribution in [1.29, 1.82) is 0 Å². The first kappa shape index (κ1) is 30.9. The first-order valence-corrected chi connectivity index (χ1v) is 12.6. The van der Waals surface area contributed by atoms with Crippen LogP contribution in [-0.4, -0.2) is 21.6 Å². The predicted molar refractivity (Wildman–Crippen MR) is 135 cm³/mol. The molecule has 0 spiro atoms. The van der Waals surface area contributed by atoms with Crippen molar-refractivity contribution < 1.29 is 28.1 Å². The van der Waals surface area contributed by atoms with E-state index < -0.39 is 18.6 Å². The van der Waals surface area contributed by atoms with Gasteiger partial charge in [0.1, 0.15) is 11.9 Å². The third-order valence-electron chi connectivity index (χ3n) is 5.82. The molecule has 3 rings (SSSR count). The average molecular weight is 498 g/mol. The molecule has 0 amide bonds. The van der Waals surface area contributed by atoms with Crippen LogP contribution in [0.3, 0.4) is 0 Å². The average Bonchev–Trinajstić information content (AvgIpc) is 2.78. The van der Waals surface area contributed by atoms with E-state index >= 15 is 0 Å². The van der Waals surface area contributed by atoms with E-state index in [1.165, 1.54) is 24.3 Å². The van der Waals surface area contributed by atoms with Crippen LogP contribution in [0, 0.1) is 5.41 Å². The highest BCUT2D eigenvalue weighted by atomic mass is 19.4. The Balaban J connectivity index is 0.00000145. The zero-order chi connectivity index (χ0) is 27.1. The number of hydrogen-bond acceptors (Lipinski definition) is 4. The molecule has 1 aromatic heterocycles. The number of fused-ring (bicyclic) bond motifs is 1. The number of ether oxygens (including phenoxy) is 1. The smallest absolute Gasteiger partial charge is 0.406 e. The highest BCUT2D eigenvalue weighted by Gasteiger charge is 2.37. The maximum atomic E-state index is 12.5. The standard InChI is InChI=1S/C24H30F3NO3.2C2H6/c1-6-16-19-17(11-23(4,5)12-18(19)29)28-21(13(2)3)20(16)22(30)14-7-9-15(10-8-14)31-24(25,26)27;2*1-2/h7-10,13,18,22,29-30H,6,11-12H2,1-5H3;2*1-2H3. The number of aliphatic hydroxyl groups excluding tert-OH is 2. The van der Waals surface area contributed by atoms with E-state index in [1.807, 2.05) is 48.5 Å². The van der Waals surface area contributed by atoms with Gasteiger partial charge >= 0.3 is 6.36 Å². The molecule has 0 bridgehead atoms. The molecule has 2 atom stereocenters. The first-order valence-electron chi connectivity index (χ1n) is 12.6. The van der Waals surface area contributed by atoms with Crippen LogP contribution in [0.4, 0.5) is 13.2 Å². The Morgan fingerprint density at radius 3 is 2.09 bits per heavy atom. The molecule has 0 saturated carbocycles. The monoisotopic (exact) mass is 497 g/mol. The van der Waals surface area contributed by atoms with Crippen LogP contribution in [0.25, 0.3) is 0 Å². The van der Waals surface area contributed by atoms with E-state index in [2.05, 4.69) is 18.6 Å². The van der Waals surface area contributed by atoms with E-state index in [1.54, 1.807) is 0 Å². The molecule has 2 aromatic rings. The molecule has 0 radical (unpaired) electrons. The second-order valence-corrected chi connectivity index (χ2v) is 9.34. The number of nitrogens with zero attached hydrogens (tertiary/aromatic N) is 1. The van der Waals surface area contributed by atoms with Crippen LogP contribution >= 0.6 is 0 Å². The van der Waals surface area contributed by atoms with E-state index in [0.717, 1.165) is 28.9 Å². The van der Waals surface area contributed by atoms with Gasteiger partial charge in [-0.05, 0) is 53.9 Å². The third kappa shape index (κ3) is 7.68. The summed E-state index contributed by atoms with van der Waals surface area (Å²) in [5.41, 5.74) is 4.29. The Morgan fingerprint density at radius 1 is 1.09 bits per heavy atom. The van der Waals surface area contributed by atoms with Crippen molar-refractivity contribution >= 4 is 0 Å². The van der Waals surface area contributed by atoms with Crippen LogP contribution in [0.5, 0.6) is 5.75 Å². The number of hydrogen-bond donors (Lipinski definition) is 2. The van der Waals surface area contributed by atoms with Gasteiger partial charge in [-0.1, -0.05) is 74.4 Å². The van der Waals surface area contributed by atoms with E-state index in [4.69, 9.17) is 4.98 Å². The Morgan fingerprint density at radius 2 is 1.63 bits per heavy atom. The minimum Gasteiger partial charge on any atom is -0.406 e. The van der Waals surface area contributed by atoms with Gasteiger partial charge in [0.2, 0.25) is 0 Å². The SMILES string of the molecule is CC.CC.CCc1c2c(nc(C(C)C)c1C(O)c1ccc(OC(F)(F)F)cc1)CC(C)(C)CC2O. The van der Waals surface area contributed by atoms with Gasteiger partial charge in [-0.25, -0.2) is 0 Å². The van der Waals surface area contributed by atoms with Gasteiger partial charge < -0.3 is 14.9 Å². The zero-order valence-electron chi connectivity index (χ0n) is 22.5. The Bertz CT molecular complexity index is 938. The normalized spacial score (nSPS) is 17.4. The van der Waals surface area contributed by atoms with Gasteiger partial charge in [0.05, 0.1) is 6.10 Å². The zero-order valence-corrected chi connectivity index (χ0v) is 22.5. The fourth-order valence-electron chi connectivity index (χ4n) is 4.56. The van der Waals surface area contributed by atoms with Gasteiger partial charge in [0.15, 0.2) is 0 Å². The number of alkyl halides is 3. The molecular formula is C28H42F3NO3. The summed E-state index contributed by atoms with van der Waals surface area (Å²) in [5.74, 6) is -0.320. The fourth-order valence-corrected chi connectivity index (χ4v) is 4.56. The van der Waals surface area contributed by atoms with E-state index in [9.17, 15) is 23.4 Å². The largest absolute Gasteiger partial charge is 0.573 e. The highest BCUT2D eigenvalue weighted by Crippen LogP contribution is 2.45. The minimum absolute atomic E-state index is 0.0234. The second-order valence-electron chi connectivity index (χ2n) is 9.34. The molecule has 0 saturated heterocycles. The van der Waals surface area contributed by atoms with Crippen molar-refractivity contribution in [1.82, 2.24) is 4.98 Å². The maximum absolute atomic E-state index is 12.5. The van der Waals surface area contributed by atoms with Crippen molar-refractivity contribution in [3.8, 4) is 5.75 Å². The van der Waals surface area contributed by atoms with Crippen LogP contribution < -0.4 is 4.74 Å². The molecule has 1 aliphatic rings. The van der Waals surface area contributed by atoms with Crippen molar-refractivity contribution in [2.24, 2.45) is 5.41 Å². The molecule has 0 fully saturated rings. The molecule has 4 nitrogen and oxygen atoms in total. The quantitative estimate of drug-likeness (QED) is 0.442. The van der Waals surface area contributed by atoms with E-state index in [0.29, 0.717) is 24.0 Å². The molecule has 1 aromatic carbocycles. The van der Waals surface area contributed by atoms with E-state index in [-0.39, 0.29) is 17.1 Å². The molecule has 35 heavy (non-hydrogen) atoms. The van der Waals surface area contributed by atoms with Crippen molar-refractivity contribution in [3.63, 3.8) is 0 Å². The number of aliphatic hydroxyl groups is 2. The maximum Gasteiger partial charge on any atom is 0.573 e. The number of rotatable bonds is 5. The van der Waals surface area contributed by atoms with Gasteiger partial charge in [0.25, 0.3) is 0 Å². The number of pyridine rings is 1. The van der Waals surface area contributed by atoms with Crippen LogP contribution in [0.1, 0.15) is 121 Å². The Hall–Kier alpha value is -2.12. The van der Waals surface area contributed by atoms with Crippen LogP contribution in [-0.2, 0) is 12.8 Å². The summed E-state index contributed by atoms with van der Waals surface area (Å²) in [4.78, 5) is 4.89. The third-order valence-corrected chi connectivity index (χ3v) is 5.82. The molecule has 0 aliphatic heterocycles. The fraction of sp³-hybridized carbons (Fsp3) is 0.607. The molecule has 2 N–H and O–H groups in total. The first-order chi connectivity index (χ1) is 16.3. The lowest BCUT2D eigenvalue weighted by atomic mass is 9.72. The highest BCUT2D eigenvalue weighted by molar-refractivity contribution is 5.48. The second kappa shape index (κ2) is 12.7. The molecule has 2 unspecified atom stereocenters. The Labute approximate surface area is 208 Å². The van der Waals surface area contributed by atoms with Gasteiger partial charge in [0, 0.05) is 22.5 Å². The summed E-state index contributed by atoms with van der Waals surface area (Å²) in [5, 5.41) is 22.2. The minimum atomic E-state index is -4.77. The Kier molecular flexibility index (Phi) is 11.2. The van der Waals surface area contributed by atoms with Crippen LogP contribution in [0.2, 0.25) is 0 Å². The summed E-state index contributed by atoms with van der Waals surface area (Å²) in [6, 6.07) is 5.23. The predicted octanol–water partition coefficient (Wildman–Crippen LogP) is 7.81.